The van der Waals surface area contributed by atoms with Crippen molar-refractivity contribution in [3.8, 4) is 0 Å². The Kier molecular flexibility index (Phi) is 7.64. The fourth-order valence-electron chi connectivity index (χ4n) is 1.78. The number of carbonyl (C=O) groups is 1. The second-order valence-electron chi connectivity index (χ2n) is 4.52. The second kappa shape index (κ2) is 8.99. The van der Waals surface area contributed by atoms with Gasteiger partial charge in [-0.15, -0.1) is 0 Å². The molecule has 0 aliphatic rings. The average Bonchev–Trinajstić information content (AvgIpc) is 2.82. The zero-order valence-corrected chi connectivity index (χ0v) is 13.2. The summed E-state index contributed by atoms with van der Waals surface area (Å²) >= 11 is 1.27. The van der Waals surface area contributed by atoms with Crippen molar-refractivity contribution in [1.29, 1.82) is 0 Å². The van der Waals surface area contributed by atoms with E-state index in [1.54, 1.807) is 7.11 Å². The molecule has 0 amide bonds. The summed E-state index contributed by atoms with van der Waals surface area (Å²) < 4.78 is 7.16. The van der Waals surface area contributed by atoms with Crippen LogP contribution in [0.4, 0.5) is 0 Å². The Morgan fingerprint density at radius 2 is 2.30 bits per heavy atom. The first-order valence-corrected chi connectivity index (χ1v) is 7.63. The summed E-state index contributed by atoms with van der Waals surface area (Å²) in [4.78, 5) is 17.2. The maximum Gasteiger partial charge on any atom is 0.313 e. The number of ether oxygens (including phenoxy) is 1. The number of carboxylic acid groups (broad SMARTS) is 1. The Balaban J connectivity index is 2.61. The third-order valence-corrected chi connectivity index (χ3v) is 3.95. The maximum atomic E-state index is 10.7. The van der Waals surface area contributed by atoms with Crippen molar-refractivity contribution in [1.82, 2.24) is 14.5 Å². The summed E-state index contributed by atoms with van der Waals surface area (Å²) in [5.41, 5.74) is 1.14. The molecule has 1 aromatic heterocycles. The van der Waals surface area contributed by atoms with E-state index < -0.39 is 5.97 Å². The molecule has 1 heterocycles. The van der Waals surface area contributed by atoms with E-state index in [9.17, 15) is 4.79 Å². The lowest BCUT2D eigenvalue weighted by atomic mass is 10.3. The summed E-state index contributed by atoms with van der Waals surface area (Å²) in [6, 6.07) is 0. The quantitative estimate of drug-likeness (QED) is 0.655. The number of methoxy groups -OCH3 is 1. The van der Waals surface area contributed by atoms with Crippen LogP contribution < -0.4 is 0 Å². The van der Waals surface area contributed by atoms with Gasteiger partial charge >= 0.3 is 5.97 Å². The molecule has 7 heteroatoms. The number of hydrogen-bond donors (Lipinski definition) is 1. The van der Waals surface area contributed by atoms with Crippen LogP contribution in [0.3, 0.4) is 0 Å². The van der Waals surface area contributed by atoms with Crippen molar-refractivity contribution >= 4 is 17.7 Å². The van der Waals surface area contributed by atoms with Crippen molar-refractivity contribution in [2.75, 3.05) is 39.6 Å². The van der Waals surface area contributed by atoms with E-state index in [2.05, 4.69) is 21.4 Å². The number of likely N-dealkylation sites (N-methyl/N-ethyl adjacent to an activating group) is 1. The summed E-state index contributed by atoms with van der Waals surface area (Å²) in [7, 11) is 3.74. The minimum atomic E-state index is -0.820. The largest absolute Gasteiger partial charge is 0.481 e. The van der Waals surface area contributed by atoms with Crippen molar-refractivity contribution in [2.45, 2.75) is 25.0 Å². The van der Waals surface area contributed by atoms with Gasteiger partial charge < -0.3 is 19.3 Å². The molecule has 0 fully saturated rings. The Morgan fingerprint density at radius 3 is 2.90 bits per heavy atom. The number of carboxylic acids is 1. The third kappa shape index (κ3) is 5.52. The number of hydrogen-bond acceptors (Lipinski definition) is 5. The molecule has 1 rings (SSSR count). The van der Waals surface area contributed by atoms with Crippen LogP contribution >= 0.6 is 11.8 Å². The van der Waals surface area contributed by atoms with Gasteiger partial charge in [-0.2, -0.15) is 0 Å². The van der Waals surface area contributed by atoms with Crippen molar-refractivity contribution in [3.05, 3.63) is 11.9 Å². The van der Waals surface area contributed by atoms with Crippen LogP contribution in [0.15, 0.2) is 11.4 Å². The lowest BCUT2D eigenvalue weighted by Crippen LogP contribution is -2.27. The van der Waals surface area contributed by atoms with E-state index >= 15 is 0 Å². The van der Waals surface area contributed by atoms with E-state index in [4.69, 9.17) is 9.84 Å². The molecule has 20 heavy (non-hydrogen) atoms. The van der Waals surface area contributed by atoms with Crippen LogP contribution in [0.1, 0.15) is 12.6 Å². The highest BCUT2D eigenvalue weighted by molar-refractivity contribution is 7.99. The zero-order chi connectivity index (χ0) is 15.0. The SMILES string of the molecule is CCc1cnc(SCC(=O)O)n1CCN(C)CCOC. The Labute approximate surface area is 124 Å². The molecule has 6 nitrogen and oxygen atoms in total. The van der Waals surface area contributed by atoms with Gasteiger partial charge in [0.15, 0.2) is 5.16 Å². The highest BCUT2D eigenvalue weighted by Crippen LogP contribution is 2.18. The number of nitrogens with zero attached hydrogens (tertiary/aromatic N) is 3. The van der Waals surface area contributed by atoms with E-state index in [-0.39, 0.29) is 5.75 Å². The molecule has 1 aromatic rings. The van der Waals surface area contributed by atoms with Crippen LogP contribution in [0, 0.1) is 0 Å². The van der Waals surface area contributed by atoms with Gasteiger partial charge in [-0.25, -0.2) is 4.98 Å². The Bertz CT molecular complexity index is 423. The minimum absolute atomic E-state index is 0.0414. The molecular weight excluding hydrogens is 278 g/mol. The fourth-order valence-corrected chi connectivity index (χ4v) is 2.53. The number of aromatic nitrogens is 2. The molecular formula is C13H23N3O3S. The van der Waals surface area contributed by atoms with Crippen molar-refractivity contribution in [3.63, 3.8) is 0 Å². The highest BCUT2D eigenvalue weighted by Gasteiger charge is 2.11. The van der Waals surface area contributed by atoms with Gasteiger partial charge in [0.2, 0.25) is 0 Å². The summed E-state index contributed by atoms with van der Waals surface area (Å²) in [5, 5.41) is 9.55. The van der Waals surface area contributed by atoms with Gasteiger partial charge in [0.05, 0.1) is 12.4 Å². The number of aryl methyl sites for hydroxylation is 1. The molecule has 0 spiro atoms. The highest BCUT2D eigenvalue weighted by atomic mass is 32.2. The van der Waals surface area contributed by atoms with E-state index in [0.717, 1.165) is 36.9 Å². The first-order chi connectivity index (χ1) is 9.58. The minimum Gasteiger partial charge on any atom is -0.481 e. The van der Waals surface area contributed by atoms with Gasteiger partial charge in [0, 0.05) is 38.6 Å². The number of rotatable bonds is 10. The van der Waals surface area contributed by atoms with Crippen LogP contribution in [0.2, 0.25) is 0 Å². The molecule has 0 bridgehead atoms. The second-order valence-corrected chi connectivity index (χ2v) is 5.46. The first-order valence-electron chi connectivity index (χ1n) is 6.65. The third-order valence-electron chi connectivity index (χ3n) is 2.97. The molecule has 114 valence electrons. The monoisotopic (exact) mass is 301 g/mol. The molecule has 1 N–H and O–H groups in total. The van der Waals surface area contributed by atoms with Gasteiger partial charge in [-0.05, 0) is 13.5 Å². The van der Waals surface area contributed by atoms with Crippen LogP contribution in [-0.2, 0) is 22.5 Å². The van der Waals surface area contributed by atoms with E-state index in [0.29, 0.717) is 6.61 Å². The van der Waals surface area contributed by atoms with Gasteiger partial charge in [0.1, 0.15) is 0 Å². The van der Waals surface area contributed by atoms with E-state index in [1.807, 2.05) is 13.2 Å². The number of imidazole rings is 1. The Morgan fingerprint density at radius 1 is 1.55 bits per heavy atom. The van der Waals surface area contributed by atoms with Crippen LogP contribution in [0.5, 0.6) is 0 Å². The number of thioether (sulfide) groups is 1. The lowest BCUT2D eigenvalue weighted by Gasteiger charge is -2.18. The molecule has 0 unspecified atom stereocenters. The normalized spacial score (nSPS) is 11.2. The topological polar surface area (TPSA) is 67.6 Å². The van der Waals surface area contributed by atoms with Crippen molar-refractivity contribution < 1.29 is 14.6 Å². The predicted molar refractivity (Wildman–Crippen MR) is 79.3 cm³/mol. The molecule has 0 saturated carbocycles. The average molecular weight is 301 g/mol. The van der Waals surface area contributed by atoms with Gasteiger partial charge in [-0.1, -0.05) is 18.7 Å². The summed E-state index contributed by atoms with van der Waals surface area (Å²) in [6.07, 6.45) is 2.72. The molecule has 0 atom stereocenters. The number of aliphatic carboxylic acids is 1. The van der Waals surface area contributed by atoms with Crippen LogP contribution in [0.25, 0.3) is 0 Å². The lowest BCUT2D eigenvalue weighted by molar-refractivity contribution is -0.133. The zero-order valence-electron chi connectivity index (χ0n) is 12.3. The summed E-state index contributed by atoms with van der Waals surface area (Å²) in [5.74, 6) is -0.778. The molecule has 0 radical (unpaired) electrons. The van der Waals surface area contributed by atoms with E-state index in [1.165, 1.54) is 11.8 Å². The first kappa shape index (κ1) is 17.0. The fraction of sp³-hybridized carbons (Fsp3) is 0.692. The maximum absolute atomic E-state index is 10.7. The predicted octanol–water partition coefficient (Wildman–Crippen LogP) is 1.20. The molecule has 0 aliphatic heterocycles. The van der Waals surface area contributed by atoms with Crippen molar-refractivity contribution in [2.24, 2.45) is 0 Å². The summed E-state index contributed by atoms with van der Waals surface area (Å²) in [6.45, 7) is 5.36. The Hall–Kier alpha value is -1.05. The van der Waals surface area contributed by atoms with Crippen LogP contribution in [-0.4, -0.2) is 65.1 Å². The molecule has 0 aromatic carbocycles. The molecule has 0 aliphatic carbocycles. The smallest absolute Gasteiger partial charge is 0.313 e. The van der Waals surface area contributed by atoms with Gasteiger partial charge in [-0.3, -0.25) is 4.79 Å². The van der Waals surface area contributed by atoms with Gasteiger partial charge in [0.25, 0.3) is 0 Å². The standard InChI is InChI=1S/C13H23N3O3S/c1-4-11-9-14-13(20-10-12(17)18)16(11)6-5-15(2)7-8-19-3/h9H,4-8,10H2,1-3H3,(H,17,18). The molecule has 0 saturated heterocycles.